The third-order valence-electron chi connectivity index (χ3n) is 2.75. The third kappa shape index (κ3) is 1.60. The van der Waals surface area contributed by atoms with Gasteiger partial charge < -0.3 is 0 Å². The van der Waals surface area contributed by atoms with Gasteiger partial charge >= 0.3 is 0 Å². The Morgan fingerprint density at radius 3 is 2.44 bits per heavy atom. The van der Waals surface area contributed by atoms with E-state index in [4.69, 9.17) is 0 Å². The van der Waals surface area contributed by atoms with Crippen LogP contribution in [0.4, 0.5) is 5.82 Å². The highest BCUT2D eigenvalue weighted by atomic mass is 16.2. The first-order valence-electron chi connectivity index (χ1n) is 5.22. The molecule has 2 heterocycles. The van der Waals surface area contributed by atoms with Crippen molar-refractivity contribution in [3.8, 4) is 0 Å². The van der Waals surface area contributed by atoms with E-state index in [0.717, 1.165) is 5.56 Å². The van der Waals surface area contributed by atoms with E-state index in [1.807, 2.05) is 13.0 Å². The van der Waals surface area contributed by atoms with Crippen molar-refractivity contribution < 1.29 is 9.59 Å². The molecule has 4 nitrogen and oxygen atoms in total. The van der Waals surface area contributed by atoms with Crippen LogP contribution >= 0.6 is 0 Å². The fourth-order valence-electron chi connectivity index (χ4n) is 1.77. The van der Waals surface area contributed by atoms with Crippen molar-refractivity contribution in [2.75, 3.05) is 4.90 Å². The molecule has 2 rings (SSSR count). The summed E-state index contributed by atoms with van der Waals surface area (Å²) in [6.45, 7) is 5.47. The SMILES string of the molecule is Cc1ccc(N2C(=O)CC(C)(C)C2=O)nc1. The first kappa shape index (κ1) is 10.8. The molecule has 4 heteroatoms. The van der Waals surface area contributed by atoms with Gasteiger partial charge in [-0.05, 0) is 18.6 Å². The number of imide groups is 1. The Kier molecular flexibility index (Phi) is 2.30. The topological polar surface area (TPSA) is 50.3 Å². The predicted molar refractivity (Wildman–Crippen MR) is 59.9 cm³/mol. The Labute approximate surface area is 94.3 Å². The zero-order valence-corrected chi connectivity index (χ0v) is 9.65. The lowest BCUT2D eigenvalue weighted by atomic mass is 9.92. The highest BCUT2D eigenvalue weighted by molar-refractivity contribution is 6.21. The monoisotopic (exact) mass is 218 g/mol. The maximum atomic E-state index is 12.0. The summed E-state index contributed by atoms with van der Waals surface area (Å²) in [5.74, 6) is 0.0754. The second kappa shape index (κ2) is 3.40. The number of rotatable bonds is 1. The molecule has 0 aliphatic carbocycles. The molecule has 1 aliphatic heterocycles. The molecule has 0 radical (unpaired) electrons. The van der Waals surface area contributed by atoms with E-state index in [2.05, 4.69) is 4.98 Å². The van der Waals surface area contributed by atoms with Crippen LogP contribution in [0.15, 0.2) is 18.3 Å². The number of amides is 2. The lowest BCUT2D eigenvalue weighted by Gasteiger charge is -2.16. The number of pyridine rings is 1. The van der Waals surface area contributed by atoms with Crippen LogP contribution < -0.4 is 4.90 Å². The van der Waals surface area contributed by atoms with Gasteiger partial charge in [0.2, 0.25) is 11.8 Å². The number of aromatic nitrogens is 1. The molecule has 1 aliphatic rings. The van der Waals surface area contributed by atoms with Gasteiger partial charge in [0, 0.05) is 12.6 Å². The summed E-state index contributed by atoms with van der Waals surface area (Å²) in [7, 11) is 0. The fraction of sp³-hybridized carbons (Fsp3) is 0.417. The average molecular weight is 218 g/mol. The Bertz CT molecular complexity index is 449. The number of aryl methyl sites for hydroxylation is 1. The van der Waals surface area contributed by atoms with Gasteiger partial charge in [-0.2, -0.15) is 0 Å². The van der Waals surface area contributed by atoms with Crippen molar-refractivity contribution in [3.05, 3.63) is 23.9 Å². The number of hydrogen-bond acceptors (Lipinski definition) is 3. The molecule has 1 aromatic heterocycles. The highest BCUT2D eigenvalue weighted by Crippen LogP contribution is 2.34. The first-order valence-corrected chi connectivity index (χ1v) is 5.22. The van der Waals surface area contributed by atoms with Gasteiger partial charge in [0.05, 0.1) is 5.41 Å². The number of hydrogen-bond donors (Lipinski definition) is 0. The van der Waals surface area contributed by atoms with Crippen LogP contribution in [0.2, 0.25) is 0 Å². The summed E-state index contributed by atoms with van der Waals surface area (Å²) in [6, 6.07) is 3.54. The van der Waals surface area contributed by atoms with Crippen molar-refractivity contribution in [3.63, 3.8) is 0 Å². The molecule has 1 aromatic rings. The van der Waals surface area contributed by atoms with E-state index in [9.17, 15) is 9.59 Å². The molecule has 84 valence electrons. The molecule has 16 heavy (non-hydrogen) atoms. The number of nitrogens with zero attached hydrogens (tertiary/aromatic N) is 2. The normalized spacial score (nSPS) is 19.3. The van der Waals surface area contributed by atoms with Crippen molar-refractivity contribution >= 4 is 17.6 Å². The van der Waals surface area contributed by atoms with E-state index in [0.29, 0.717) is 5.82 Å². The third-order valence-corrected chi connectivity index (χ3v) is 2.75. The molecule has 1 fully saturated rings. The molecular formula is C12H14N2O2. The molecule has 0 N–H and O–H groups in total. The van der Waals surface area contributed by atoms with Crippen LogP contribution in [0.25, 0.3) is 0 Å². The predicted octanol–water partition coefficient (Wildman–Crippen LogP) is 1.68. The Hall–Kier alpha value is -1.71. The van der Waals surface area contributed by atoms with Crippen molar-refractivity contribution in [2.45, 2.75) is 27.2 Å². The minimum Gasteiger partial charge on any atom is -0.274 e. The number of carbonyl (C=O) groups is 2. The van der Waals surface area contributed by atoms with Crippen LogP contribution in [-0.4, -0.2) is 16.8 Å². The van der Waals surface area contributed by atoms with Gasteiger partial charge in [-0.25, -0.2) is 9.88 Å². The Morgan fingerprint density at radius 1 is 1.31 bits per heavy atom. The second-order valence-electron chi connectivity index (χ2n) is 4.79. The van der Waals surface area contributed by atoms with Crippen LogP contribution in [0.5, 0.6) is 0 Å². The minimum atomic E-state index is -0.607. The molecule has 0 unspecified atom stereocenters. The molecule has 0 aromatic carbocycles. The van der Waals surface area contributed by atoms with Gasteiger partial charge in [0.25, 0.3) is 0 Å². The van der Waals surface area contributed by atoms with E-state index >= 15 is 0 Å². The maximum Gasteiger partial charge on any atom is 0.241 e. The molecule has 0 bridgehead atoms. The first-order chi connectivity index (χ1) is 7.42. The standard InChI is InChI=1S/C12H14N2O2/c1-8-4-5-9(13-7-8)14-10(15)6-12(2,3)11(14)16/h4-5,7H,6H2,1-3H3. The molecule has 0 spiro atoms. The van der Waals surface area contributed by atoms with E-state index in [-0.39, 0.29) is 18.2 Å². The molecule has 2 amide bonds. The van der Waals surface area contributed by atoms with Crippen LogP contribution in [-0.2, 0) is 9.59 Å². The van der Waals surface area contributed by atoms with Gasteiger partial charge in [-0.1, -0.05) is 19.9 Å². The quantitative estimate of drug-likeness (QED) is 0.674. The number of carbonyl (C=O) groups excluding carboxylic acids is 2. The summed E-state index contributed by atoms with van der Waals surface area (Å²) in [5, 5.41) is 0. The highest BCUT2D eigenvalue weighted by Gasteiger charge is 2.45. The lowest BCUT2D eigenvalue weighted by Crippen LogP contribution is -2.33. The smallest absolute Gasteiger partial charge is 0.241 e. The summed E-state index contributed by atoms with van der Waals surface area (Å²) in [6.07, 6.45) is 1.91. The minimum absolute atomic E-state index is 0.172. The van der Waals surface area contributed by atoms with Crippen LogP contribution in [0.3, 0.4) is 0 Å². The largest absolute Gasteiger partial charge is 0.274 e. The van der Waals surface area contributed by atoms with Gasteiger partial charge in [-0.3, -0.25) is 9.59 Å². The van der Waals surface area contributed by atoms with Crippen molar-refractivity contribution in [1.29, 1.82) is 0 Å². The van der Waals surface area contributed by atoms with Gasteiger partial charge in [0.15, 0.2) is 0 Å². The lowest BCUT2D eigenvalue weighted by molar-refractivity contribution is -0.124. The van der Waals surface area contributed by atoms with E-state index in [1.165, 1.54) is 4.90 Å². The molecule has 0 atom stereocenters. The summed E-state index contributed by atoms with van der Waals surface area (Å²) in [4.78, 5) is 29.0. The zero-order valence-electron chi connectivity index (χ0n) is 9.65. The van der Waals surface area contributed by atoms with Crippen molar-refractivity contribution in [1.82, 2.24) is 4.98 Å². The Morgan fingerprint density at radius 2 is 2.00 bits per heavy atom. The molecule has 1 saturated heterocycles. The summed E-state index contributed by atoms with van der Waals surface area (Å²) < 4.78 is 0. The molecule has 0 saturated carbocycles. The van der Waals surface area contributed by atoms with E-state index in [1.54, 1.807) is 26.1 Å². The maximum absolute atomic E-state index is 12.0. The fourth-order valence-corrected chi connectivity index (χ4v) is 1.77. The zero-order chi connectivity index (χ0) is 11.9. The van der Waals surface area contributed by atoms with Crippen LogP contribution in [0, 0.1) is 12.3 Å². The van der Waals surface area contributed by atoms with Gasteiger partial charge in [-0.15, -0.1) is 0 Å². The summed E-state index contributed by atoms with van der Waals surface area (Å²) >= 11 is 0. The Balaban J connectivity index is 2.39. The number of anilines is 1. The average Bonchev–Trinajstić information content (AvgIpc) is 2.39. The van der Waals surface area contributed by atoms with E-state index < -0.39 is 5.41 Å². The van der Waals surface area contributed by atoms with Crippen molar-refractivity contribution in [2.24, 2.45) is 5.41 Å². The second-order valence-corrected chi connectivity index (χ2v) is 4.79. The van der Waals surface area contributed by atoms with Gasteiger partial charge in [0.1, 0.15) is 5.82 Å². The summed E-state index contributed by atoms with van der Waals surface area (Å²) in [5.41, 5.74) is 0.394. The van der Waals surface area contributed by atoms with Crippen LogP contribution in [0.1, 0.15) is 25.8 Å². The molecular weight excluding hydrogens is 204 g/mol.